The molecule has 0 spiro atoms. The summed E-state index contributed by atoms with van der Waals surface area (Å²) >= 11 is 1.39. The number of rotatable bonds is 6. The molecular weight excluding hydrogens is 416 g/mol. The van der Waals surface area contributed by atoms with Gasteiger partial charge in [-0.05, 0) is 48.6 Å². The van der Waals surface area contributed by atoms with Crippen molar-refractivity contribution >= 4 is 40.4 Å². The number of nitrogens with zero attached hydrogens (tertiary/aromatic N) is 2. The number of anilines is 2. The summed E-state index contributed by atoms with van der Waals surface area (Å²) in [4.78, 5) is 42.0. The van der Waals surface area contributed by atoms with Gasteiger partial charge in [-0.25, -0.2) is 0 Å². The van der Waals surface area contributed by atoms with Crippen LogP contribution < -0.4 is 10.6 Å². The minimum atomic E-state index is -0.470. The fraction of sp³-hybridized carbons (Fsp3) is 0.409. The molecule has 8 nitrogen and oxygen atoms in total. The van der Waals surface area contributed by atoms with Crippen LogP contribution in [0.5, 0.6) is 0 Å². The largest absolute Gasteiger partial charge is 0.379 e. The number of hydrogen-bond acceptors (Lipinski definition) is 6. The molecule has 2 aliphatic heterocycles. The number of carbonyl (C=O) groups is 3. The van der Waals surface area contributed by atoms with E-state index >= 15 is 0 Å². The average molecular weight is 443 g/mol. The lowest BCUT2D eigenvalue weighted by molar-refractivity contribution is -0.120. The number of likely N-dealkylation sites (tertiary alicyclic amines) is 1. The van der Waals surface area contributed by atoms with Crippen LogP contribution in [-0.2, 0) is 14.3 Å². The molecule has 3 heterocycles. The van der Waals surface area contributed by atoms with E-state index in [1.165, 1.54) is 11.3 Å². The zero-order valence-corrected chi connectivity index (χ0v) is 18.0. The van der Waals surface area contributed by atoms with Crippen LogP contribution in [0.4, 0.5) is 11.4 Å². The second kappa shape index (κ2) is 10.0. The molecule has 164 valence electrons. The molecule has 2 fully saturated rings. The number of ether oxygens (including phenoxy) is 1. The minimum absolute atomic E-state index is 0.0765. The number of benzene rings is 1. The Kier molecular flexibility index (Phi) is 6.96. The summed E-state index contributed by atoms with van der Waals surface area (Å²) in [7, 11) is 0. The first-order valence-electron chi connectivity index (χ1n) is 10.5. The van der Waals surface area contributed by atoms with Gasteiger partial charge in [-0.3, -0.25) is 19.3 Å². The zero-order valence-electron chi connectivity index (χ0n) is 17.2. The zero-order chi connectivity index (χ0) is 21.6. The van der Waals surface area contributed by atoms with E-state index < -0.39 is 6.04 Å². The Morgan fingerprint density at radius 2 is 1.71 bits per heavy atom. The van der Waals surface area contributed by atoms with Crippen LogP contribution in [0.1, 0.15) is 22.5 Å². The van der Waals surface area contributed by atoms with Crippen LogP contribution >= 0.6 is 11.3 Å². The Bertz CT molecular complexity index is 910. The maximum Gasteiger partial charge on any atom is 0.264 e. The lowest BCUT2D eigenvalue weighted by Gasteiger charge is -2.25. The molecule has 2 N–H and O–H groups in total. The molecule has 3 amide bonds. The Balaban J connectivity index is 1.30. The van der Waals surface area contributed by atoms with Crippen molar-refractivity contribution < 1.29 is 19.1 Å². The average Bonchev–Trinajstić information content (AvgIpc) is 3.48. The summed E-state index contributed by atoms with van der Waals surface area (Å²) in [6, 6.07) is 10.2. The lowest BCUT2D eigenvalue weighted by atomic mass is 10.2. The Hall–Kier alpha value is -2.75. The van der Waals surface area contributed by atoms with E-state index in [-0.39, 0.29) is 17.7 Å². The minimum Gasteiger partial charge on any atom is -0.379 e. The van der Waals surface area contributed by atoms with Crippen molar-refractivity contribution in [3.05, 3.63) is 46.7 Å². The summed E-state index contributed by atoms with van der Waals surface area (Å²) in [6.07, 6.45) is 1.46. The monoisotopic (exact) mass is 442 g/mol. The number of carbonyl (C=O) groups excluding carboxylic acids is 3. The summed E-state index contributed by atoms with van der Waals surface area (Å²) in [6.45, 7) is 3.73. The predicted octanol–water partition coefficient (Wildman–Crippen LogP) is 2.26. The normalized spacial score (nSPS) is 19.2. The van der Waals surface area contributed by atoms with Crippen molar-refractivity contribution in [3.8, 4) is 0 Å². The van der Waals surface area contributed by atoms with Crippen LogP contribution in [0, 0.1) is 0 Å². The molecule has 1 atom stereocenters. The van der Waals surface area contributed by atoms with Crippen LogP contribution in [0.3, 0.4) is 0 Å². The molecule has 1 aromatic heterocycles. The lowest BCUT2D eigenvalue weighted by Crippen LogP contribution is -2.42. The second-order valence-corrected chi connectivity index (χ2v) is 8.58. The molecule has 2 saturated heterocycles. The van der Waals surface area contributed by atoms with E-state index in [1.807, 2.05) is 11.4 Å². The number of thiophene rings is 1. The van der Waals surface area contributed by atoms with E-state index in [4.69, 9.17) is 4.74 Å². The van der Waals surface area contributed by atoms with E-state index in [0.29, 0.717) is 49.0 Å². The van der Waals surface area contributed by atoms with Crippen LogP contribution in [0.15, 0.2) is 41.8 Å². The summed E-state index contributed by atoms with van der Waals surface area (Å²) in [5, 5.41) is 7.63. The third-order valence-electron chi connectivity index (χ3n) is 5.46. The first-order valence-corrected chi connectivity index (χ1v) is 11.3. The van der Waals surface area contributed by atoms with E-state index in [2.05, 4.69) is 15.5 Å². The molecule has 31 heavy (non-hydrogen) atoms. The van der Waals surface area contributed by atoms with Gasteiger partial charge in [0.1, 0.15) is 6.04 Å². The third-order valence-corrected chi connectivity index (χ3v) is 6.31. The first kappa shape index (κ1) is 21.5. The van der Waals surface area contributed by atoms with Crippen LogP contribution in [0.2, 0.25) is 0 Å². The quantitative estimate of drug-likeness (QED) is 0.716. The standard InChI is InChI=1S/C22H26N4O4S/c27-20(15-25-10-12-30-13-11-25)23-16-5-7-17(8-6-16)24-21(28)18-3-1-9-26(18)22(29)19-4-2-14-31-19/h2,4-8,14,18H,1,3,9-13,15H2,(H,23,27)(H,24,28)/t18-/m0/s1. The van der Waals surface area contributed by atoms with E-state index in [0.717, 1.165) is 19.5 Å². The van der Waals surface area contributed by atoms with Gasteiger partial charge in [0, 0.05) is 31.0 Å². The number of nitrogens with one attached hydrogen (secondary N) is 2. The smallest absolute Gasteiger partial charge is 0.264 e. The SMILES string of the molecule is O=C(CN1CCOCC1)Nc1ccc(NC(=O)[C@@H]2CCCN2C(=O)c2cccs2)cc1. The molecule has 0 aliphatic carbocycles. The summed E-state index contributed by atoms with van der Waals surface area (Å²) in [5.74, 6) is -0.357. The van der Waals surface area contributed by atoms with Crippen molar-refractivity contribution in [2.24, 2.45) is 0 Å². The number of amides is 3. The fourth-order valence-corrected chi connectivity index (χ4v) is 4.53. The van der Waals surface area contributed by atoms with Gasteiger partial charge in [-0.15, -0.1) is 11.3 Å². The van der Waals surface area contributed by atoms with Gasteiger partial charge in [-0.2, -0.15) is 0 Å². The van der Waals surface area contributed by atoms with Gasteiger partial charge < -0.3 is 20.3 Å². The van der Waals surface area contributed by atoms with E-state index in [1.54, 1.807) is 35.2 Å². The highest BCUT2D eigenvalue weighted by atomic mass is 32.1. The summed E-state index contributed by atoms with van der Waals surface area (Å²) in [5.41, 5.74) is 1.30. The molecule has 2 aliphatic rings. The Morgan fingerprint density at radius 1 is 1.00 bits per heavy atom. The maximum atomic E-state index is 12.8. The fourth-order valence-electron chi connectivity index (χ4n) is 3.85. The predicted molar refractivity (Wildman–Crippen MR) is 119 cm³/mol. The van der Waals surface area contributed by atoms with Crippen LogP contribution in [-0.4, -0.2) is 73.0 Å². The first-order chi connectivity index (χ1) is 15.1. The highest BCUT2D eigenvalue weighted by Gasteiger charge is 2.34. The molecule has 2 aromatic rings. The molecule has 0 radical (unpaired) electrons. The van der Waals surface area contributed by atoms with Crippen molar-refractivity contribution in [1.29, 1.82) is 0 Å². The second-order valence-electron chi connectivity index (χ2n) is 7.64. The van der Waals surface area contributed by atoms with Crippen molar-refractivity contribution in [2.45, 2.75) is 18.9 Å². The molecule has 0 bridgehead atoms. The van der Waals surface area contributed by atoms with Gasteiger partial charge in [0.25, 0.3) is 5.91 Å². The van der Waals surface area contributed by atoms with Gasteiger partial charge in [0.15, 0.2) is 0 Å². The van der Waals surface area contributed by atoms with Gasteiger partial charge in [0.05, 0.1) is 24.6 Å². The van der Waals surface area contributed by atoms with Crippen molar-refractivity contribution in [1.82, 2.24) is 9.80 Å². The number of hydrogen-bond donors (Lipinski definition) is 2. The highest BCUT2D eigenvalue weighted by molar-refractivity contribution is 7.12. The van der Waals surface area contributed by atoms with Crippen molar-refractivity contribution in [3.63, 3.8) is 0 Å². The van der Waals surface area contributed by atoms with Crippen LogP contribution in [0.25, 0.3) is 0 Å². The molecule has 9 heteroatoms. The summed E-state index contributed by atoms with van der Waals surface area (Å²) < 4.78 is 5.29. The molecule has 0 saturated carbocycles. The highest BCUT2D eigenvalue weighted by Crippen LogP contribution is 2.24. The molecule has 4 rings (SSSR count). The molecule has 1 aromatic carbocycles. The third kappa shape index (κ3) is 5.49. The van der Waals surface area contributed by atoms with E-state index in [9.17, 15) is 14.4 Å². The number of morpholine rings is 1. The maximum absolute atomic E-state index is 12.8. The molecular formula is C22H26N4O4S. The van der Waals surface area contributed by atoms with Gasteiger partial charge in [0.2, 0.25) is 11.8 Å². The molecule has 0 unspecified atom stereocenters. The van der Waals surface area contributed by atoms with Crippen molar-refractivity contribution in [2.75, 3.05) is 50.0 Å². The van der Waals surface area contributed by atoms with Gasteiger partial charge in [-0.1, -0.05) is 6.07 Å². The Labute approximate surface area is 185 Å². The van der Waals surface area contributed by atoms with Gasteiger partial charge >= 0.3 is 0 Å². The topological polar surface area (TPSA) is 91.0 Å². The Morgan fingerprint density at radius 3 is 2.39 bits per heavy atom.